The van der Waals surface area contributed by atoms with Gasteiger partial charge in [0.1, 0.15) is 0 Å². The summed E-state index contributed by atoms with van der Waals surface area (Å²) in [5.74, 6) is 0.203. The number of nitrogens with zero attached hydrogens (tertiary/aromatic N) is 1. The van der Waals surface area contributed by atoms with Crippen molar-refractivity contribution in [2.75, 3.05) is 7.05 Å². The molecule has 0 unspecified atom stereocenters. The van der Waals surface area contributed by atoms with Crippen LogP contribution in [0.25, 0.3) is 0 Å². The molecule has 0 aliphatic heterocycles. The average molecular weight is 273 g/mol. The highest BCUT2D eigenvalue weighted by Gasteiger charge is 2.10. The number of thiophene rings is 1. The minimum Gasteiger partial charge on any atom is -0.341 e. The van der Waals surface area contributed by atoms with Crippen LogP contribution in [0.2, 0.25) is 0 Å². The van der Waals surface area contributed by atoms with E-state index in [0.717, 1.165) is 6.42 Å². The van der Waals surface area contributed by atoms with E-state index in [1.165, 1.54) is 16.7 Å². The minimum atomic E-state index is 0.203. The number of amides is 1. The molecular weight excluding hydrogens is 254 g/mol. The normalized spacial score (nSPS) is 10.4. The van der Waals surface area contributed by atoms with Crippen molar-refractivity contribution in [3.8, 4) is 0 Å². The second-order valence-electron chi connectivity index (χ2n) is 4.81. The van der Waals surface area contributed by atoms with Gasteiger partial charge in [0.05, 0.1) is 0 Å². The summed E-state index contributed by atoms with van der Waals surface area (Å²) < 4.78 is 0. The number of benzene rings is 1. The molecule has 1 aromatic carbocycles. The highest BCUT2D eigenvalue weighted by molar-refractivity contribution is 7.07. The Balaban J connectivity index is 1.87. The van der Waals surface area contributed by atoms with Crippen molar-refractivity contribution < 1.29 is 4.79 Å². The monoisotopic (exact) mass is 273 g/mol. The van der Waals surface area contributed by atoms with Crippen molar-refractivity contribution in [3.05, 3.63) is 57.8 Å². The van der Waals surface area contributed by atoms with Crippen LogP contribution >= 0.6 is 11.3 Å². The van der Waals surface area contributed by atoms with Gasteiger partial charge in [-0.15, -0.1) is 0 Å². The lowest BCUT2D eigenvalue weighted by atomic mass is 10.1. The van der Waals surface area contributed by atoms with Gasteiger partial charge >= 0.3 is 0 Å². The lowest BCUT2D eigenvalue weighted by Crippen LogP contribution is -2.26. The third-order valence-corrected chi connectivity index (χ3v) is 4.03. The van der Waals surface area contributed by atoms with E-state index in [-0.39, 0.29) is 5.91 Å². The molecule has 1 amide bonds. The summed E-state index contributed by atoms with van der Waals surface area (Å²) in [5, 5.41) is 4.16. The van der Waals surface area contributed by atoms with Gasteiger partial charge in [0, 0.05) is 20.0 Å². The molecule has 0 spiro atoms. The van der Waals surface area contributed by atoms with E-state index in [9.17, 15) is 4.79 Å². The molecule has 0 radical (unpaired) electrons. The fourth-order valence-corrected chi connectivity index (χ4v) is 2.71. The number of hydrogen-bond donors (Lipinski definition) is 0. The van der Waals surface area contributed by atoms with Crippen LogP contribution in [0.1, 0.15) is 23.1 Å². The molecule has 3 heteroatoms. The average Bonchev–Trinajstić information content (AvgIpc) is 2.91. The predicted molar refractivity (Wildman–Crippen MR) is 80.3 cm³/mol. The van der Waals surface area contributed by atoms with Crippen molar-refractivity contribution in [3.63, 3.8) is 0 Å². The summed E-state index contributed by atoms with van der Waals surface area (Å²) in [6, 6.07) is 10.3. The summed E-state index contributed by atoms with van der Waals surface area (Å²) in [7, 11) is 1.88. The molecule has 1 heterocycles. The first-order chi connectivity index (χ1) is 9.16. The molecule has 0 fully saturated rings. The van der Waals surface area contributed by atoms with Gasteiger partial charge < -0.3 is 4.90 Å². The Morgan fingerprint density at radius 3 is 2.74 bits per heavy atom. The standard InChI is InChI=1S/C16H19NOS/c1-13-5-3-4-6-15(13)11-17(2)16(18)8-7-14-9-10-19-12-14/h3-6,9-10,12H,7-8,11H2,1-2H3. The van der Waals surface area contributed by atoms with Gasteiger partial charge in [-0.05, 0) is 46.9 Å². The topological polar surface area (TPSA) is 20.3 Å². The van der Waals surface area contributed by atoms with Gasteiger partial charge in [-0.3, -0.25) is 4.79 Å². The van der Waals surface area contributed by atoms with E-state index < -0.39 is 0 Å². The number of hydrogen-bond acceptors (Lipinski definition) is 2. The molecule has 2 aromatic rings. The molecule has 0 aliphatic rings. The van der Waals surface area contributed by atoms with Crippen LogP contribution in [0, 0.1) is 6.92 Å². The van der Waals surface area contributed by atoms with Gasteiger partial charge in [0.2, 0.25) is 5.91 Å². The molecule has 0 N–H and O–H groups in total. The van der Waals surface area contributed by atoms with Crippen molar-refractivity contribution in [1.29, 1.82) is 0 Å². The number of carbonyl (C=O) groups is 1. The van der Waals surface area contributed by atoms with Gasteiger partial charge in [0.25, 0.3) is 0 Å². The first-order valence-corrected chi connectivity index (χ1v) is 7.40. The maximum Gasteiger partial charge on any atom is 0.222 e. The Morgan fingerprint density at radius 2 is 2.05 bits per heavy atom. The van der Waals surface area contributed by atoms with Crippen LogP contribution in [0.15, 0.2) is 41.1 Å². The molecule has 2 nitrogen and oxygen atoms in total. The van der Waals surface area contributed by atoms with Crippen molar-refractivity contribution in [2.24, 2.45) is 0 Å². The highest BCUT2D eigenvalue weighted by Crippen LogP contribution is 2.12. The van der Waals surface area contributed by atoms with E-state index in [2.05, 4.69) is 35.9 Å². The molecule has 19 heavy (non-hydrogen) atoms. The second-order valence-corrected chi connectivity index (χ2v) is 5.59. The number of aryl methyl sites for hydroxylation is 2. The smallest absolute Gasteiger partial charge is 0.222 e. The molecule has 0 bridgehead atoms. The molecule has 0 saturated carbocycles. The predicted octanol–water partition coefficient (Wildman–Crippen LogP) is 3.65. The van der Waals surface area contributed by atoms with E-state index in [1.807, 2.05) is 24.1 Å². The number of rotatable bonds is 5. The Bertz CT molecular complexity index is 533. The molecule has 0 atom stereocenters. The van der Waals surface area contributed by atoms with Crippen LogP contribution < -0.4 is 0 Å². The van der Waals surface area contributed by atoms with Gasteiger partial charge in [-0.1, -0.05) is 24.3 Å². The molecular formula is C16H19NOS. The second kappa shape index (κ2) is 6.53. The van der Waals surface area contributed by atoms with Crippen LogP contribution in [-0.4, -0.2) is 17.9 Å². The van der Waals surface area contributed by atoms with Crippen molar-refractivity contribution >= 4 is 17.2 Å². The first-order valence-electron chi connectivity index (χ1n) is 6.46. The Hall–Kier alpha value is -1.61. The molecule has 1 aromatic heterocycles. The Labute approximate surface area is 118 Å². The fraction of sp³-hybridized carbons (Fsp3) is 0.312. The zero-order valence-corrected chi connectivity index (χ0v) is 12.2. The molecule has 0 aliphatic carbocycles. The van der Waals surface area contributed by atoms with E-state index >= 15 is 0 Å². The lowest BCUT2D eigenvalue weighted by molar-refractivity contribution is -0.130. The van der Waals surface area contributed by atoms with Crippen molar-refractivity contribution in [2.45, 2.75) is 26.3 Å². The summed E-state index contributed by atoms with van der Waals surface area (Å²) in [6.45, 7) is 2.77. The van der Waals surface area contributed by atoms with E-state index in [4.69, 9.17) is 0 Å². The van der Waals surface area contributed by atoms with Crippen molar-refractivity contribution in [1.82, 2.24) is 4.90 Å². The fourth-order valence-electron chi connectivity index (χ4n) is 2.01. The minimum absolute atomic E-state index is 0.203. The maximum absolute atomic E-state index is 12.1. The van der Waals surface area contributed by atoms with Crippen LogP contribution in [0.4, 0.5) is 0 Å². The summed E-state index contributed by atoms with van der Waals surface area (Å²) in [5.41, 5.74) is 3.71. The van der Waals surface area contributed by atoms with E-state index in [0.29, 0.717) is 13.0 Å². The zero-order chi connectivity index (χ0) is 13.7. The lowest BCUT2D eigenvalue weighted by Gasteiger charge is -2.18. The molecule has 100 valence electrons. The summed E-state index contributed by atoms with van der Waals surface area (Å²) in [6.07, 6.45) is 1.42. The third-order valence-electron chi connectivity index (χ3n) is 3.30. The largest absolute Gasteiger partial charge is 0.341 e. The van der Waals surface area contributed by atoms with Gasteiger partial charge in [0.15, 0.2) is 0 Å². The zero-order valence-electron chi connectivity index (χ0n) is 11.4. The number of carbonyl (C=O) groups excluding carboxylic acids is 1. The summed E-state index contributed by atoms with van der Waals surface area (Å²) in [4.78, 5) is 13.9. The van der Waals surface area contributed by atoms with Crippen LogP contribution in [0.5, 0.6) is 0 Å². The van der Waals surface area contributed by atoms with Crippen LogP contribution in [-0.2, 0) is 17.8 Å². The maximum atomic E-state index is 12.1. The quantitative estimate of drug-likeness (QED) is 0.814. The third kappa shape index (κ3) is 3.93. The SMILES string of the molecule is Cc1ccccc1CN(C)C(=O)CCc1ccsc1. The molecule has 0 saturated heterocycles. The Morgan fingerprint density at radius 1 is 1.26 bits per heavy atom. The van der Waals surface area contributed by atoms with E-state index in [1.54, 1.807) is 11.3 Å². The summed E-state index contributed by atoms with van der Waals surface area (Å²) >= 11 is 1.68. The highest BCUT2D eigenvalue weighted by atomic mass is 32.1. The molecule has 2 rings (SSSR count). The van der Waals surface area contributed by atoms with Crippen LogP contribution in [0.3, 0.4) is 0 Å². The van der Waals surface area contributed by atoms with Gasteiger partial charge in [-0.2, -0.15) is 11.3 Å². The first kappa shape index (κ1) is 13.8. The Kier molecular flexibility index (Phi) is 4.74. The van der Waals surface area contributed by atoms with Gasteiger partial charge in [-0.25, -0.2) is 0 Å².